The average Bonchev–Trinajstić information content (AvgIpc) is 3.24. The summed E-state index contributed by atoms with van der Waals surface area (Å²) < 4.78 is 11.3. The van der Waals surface area contributed by atoms with Gasteiger partial charge in [0.15, 0.2) is 11.0 Å². The third-order valence-electron chi connectivity index (χ3n) is 4.22. The molecule has 0 atom stereocenters. The van der Waals surface area contributed by atoms with E-state index in [0.717, 1.165) is 0 Å². The van der Waals surface area contributed by atoms with E-state index < -0.39 is 5.43 Å². The molecule has 2 aromatic heterocycles. The van der Waals surface area contributed by atoms with Crippen molar-refractivity contribution in [2.45, 2.75) is 0 Å². The zero-order valence-corrected chi connectivity index (χ0v) is 15.6. The molecule has 0 radical (unpaired) electrons. The van der Waals surface area contributed by atoms with Crippen LogP contribution in [-0.4, -0.2) is 18.1 Å². The Morgan fingerprint density at radius 1 is 1.14 bits per heavy atom. The van der Waals surface area contributed by atoms with E-state index >= 15 is 0 Å². The number of carbonyl (C=O) groups is 1. The summed E-state index contributed by atoms with van der Waals surface area (Å²) >= 11 is 1.30. The van der Waals surface area contributed by atoms with E-state index in [4.69, 9.17) is 9.15 Å². The smallest absolute Gasteiger partial charge is 0.265 e. The minimum atomic E-state index is -0.424. The summed E-state index contributed by atoms with van der Waals surface area (Å²) in [7, 11) is 1.52. The Balaban J connectivity index is 1.90. The lowest BCUT2D eigenvalue weighted by Crippen LogP contribution is -2.11. The second-order valence-electron chi connectivity index (χ2n) is 5.94. The summed E-state index contributed by atoms with van der Waals surface area (Å²) in [6, 6.07) is 14.7. The number of hydrogen-bond acceptors (Lipinski definition) is 6. The van der Waals surface area contributed by atoms with Crippen LogP contribution < -0.4 is 15.5 Å². The van der Waals surface area contributed by atoms with Crippen molar-refractivity contribution in [3.8, 4) is 22.8 Å². The molecule has 6 nitrogen and oxygen atoms in total. The molecular weight excluding hydrogens is 378 g/mol. The molecule has 1 amide bonds. The maximum atomic E-state index is 12.7. The minimum Gasteiger partial charge on any atom is -0.507 e. The number of para-hydroxylation sites is 1. The molecule has 2 heterocycles. The maximum absolute atomic E-state index is 12.7. The molecule has 0 unspecified atom stereocenters. The molecule has 2 aromatic carbocycles. The number of aromatic hydroxyl groups is 1. The van der Waals surface area contributed by atoms with Crippen molar-refractivity contribution < 1.29 is 19.1 Å². The third kappa shape index (κ3) is 3.12. The van der Waals surface area contributed by atoms with Crippen LogP contribution in [0.2, 0.25) is 0 Å². The number of nitrogens with one attached hydrogen (secondary N) is 1. The predicted molar refractivity (Wildman–Crippen MR) is 108 cm³/mol. The number of rotatable bonds is 4. The van der Waals surface area contributed by atoms with Gasteiger partial charge in [0.2, 0.25) is 0 Å². The number of amides is 1. The van der Waals surface area contributed by atoms with Crippen LogP contribution in [-0.2, 0) is 0 Å². The van der Waals surface area contributed by atoms with Gasteiger partial charge >= 0.3 is 0 Å². The fourth-order valence-electron chi connectivity index (χ4n) is 2.92. The Morgan fingerprint density at radius 3 is 2.71 bits per heavy atom. The number of anilines is 1. The van der Waals surface area contributed by atoms with Gasteiger partial charge in [0.1, 0.15) is 22.6 Å². The van der Waals surface area contributed by atoms with Gasteiger partial charge in [-0.2, -0.15) is 0 Å². The average molecular weight is 393 g/mol. The predicted octanol–water partition coefficient (Wildman–Crippen LogP) is 4.49. The quantitative estimate of drug-likeness (QED) is 0.499. The topological polar surface area (TPSA) is 88.8 Å². The van der Waals surface area contributed by atoms with E-state index in [1.165, 1.54) is 36.6 Å². The zero-order chi connectivity index (χ0) is 19.7. The second-order valence-corrected chi connectivity index (χ2v) is 6.89. The SMILES string of the molecule is COc1ccccc1-c1cc(=O)c2c(O)ccc(NC(=O)c3cccs3)c2o1. The molecular formula is C21H15NO5S. The first-order valence-corrected chi connectivity index (χ1v) is 9.24. The lowest BCUT2D eigenvalue weighted by atomic mass is 10.1. The fourth-order valence-corrected chi connectivity index (χ4v) is 3.54. The number of phenols is 1. The van der Waals surface area contributed by atoms with Gasteiger partial charge in [-0.15, -0.1) is 11.3 Å². The molecule has 28 heavy (non-hydrogen) atoms. The van der Waals surface area contributed by atoms with E-state index in [1.807, 2.05) is 0 Å². The molecule has 0 saturated carbocycles. The van der Waals surface area contributed by atoms with Crippen molar-refractivity contribution in [3.63, 3.8) is 0 Å². The third-order valence-corrected chi connectivity index (χ3v) is 5.09. The van der Waals surface area contributed by atoms with Crippen molar-refractivity contribution in [1.29, 1.82) is 0 Å². The Bertz CT molecular complexity index is 1230. The summed E-state index contributed by atoms with van der Waals surface area (Å²) in [4.78, 5) is 25.6. The molecule has 0 aliphatic carbocycles. The highest BCUT2D eigenvalue weighted by Crippen LogP contribution is 2.35. The molecule has 0 spiro atoms. The molecule has 2 N–H and O–H groups in total. The molecule has 0 aliphatic heterocycles. The first kappa shape index (κ1) is 17.8. The zero-order valence-electron chi connectivity index (χ0n) is 14.8. The second kappa shape index (κ2) is 7.21. The van der Waals surface area contributed by atoms with Crippen LogP contribution in [0.15, 0.2) is 69.2 Å². The van der Waals surface area contributed by atoms with Crippen molar-refractivity contribution in [3.05, 3.63) is 75.1 Å². The van der Waals surface area contributed by atoms with Crippen LogP contribution in [0.5, 0.6) is 11.5 Å². The molecule has 0 aliphatic rings. The Hall–Kier alpha value is -3.58. The summed E-state index contributed by atoms with van der Waals surface area (Å²) in [6.07, 6.45) is 0. The lowest BCUT2D eigenvalue weighted by Gasteiger charge is -2.11. The fraction of sp³-hybridized carbons (Fsp3) is 0.0476. The number of phenolic OH excluding ortho intramolecular Hbond substituents is 1. The number of methoxy groups -OCH3 is 1. The van der Waals surface area contributed by atoms with Crippen molar-refractivity contribution in [1.82, 2.24) is 0 Å². The summed E-state index contributed by atoms with van der Waals surface area (Å²) in [5, 5.41) is 14.7. The van der Waals surface area contributed by atoms with Crippen molar-refractivity contribution in [2.75, 3.05) is 12.4 Å². The summed E-state index contributed by atoms with van der Waals surface area (Å²) in [5.74, 6) is 0.262. The van der Waals surface area contributed by atoms with Gasteiger partial charge in [-0.1, -0.05) is 18.2 Å². The van der Waals surface area contributed by atoms with Gasteiger partial charge in [0.05, 0.1) is 23.2 Å². The molecule has 7 heteroatoms. The number of ether oxygens (including phenoxy) is 1. The summed E-state index contributed by atoms with van der Waals surface area (Å²) in [5.41, 5.74) is 0.549. The van der Waals surface area contributed by atoms with Gasteiger partial charge < -0.3 is 19.6 Å². The number of thiophene rings is 1. The molecule has 0 saturated heterocycles. The molecule has 0 fully saturated rings. The van der Waals surface area contributed by atoms with Gasteiger partial charge in [-0.25, -0.2) is 0 Å². The van der Waals surface area contributed by atoms with Crippen LogP contribution in [0.1, 0.15) is 9.67 Å². The van der Waals surface area contributed by atoms with Crippen LogP contribution >= 0.6 is 11.3 Å². The Labute approximate surface area is 163 Å². The van der Waals surface area contributed by atoms with Gasteiger partial charge in [-0.3, -0.25) is 9.59 Å². The van der Waals surface area contributed by atoms with E-state index in [2.05, 4.69) is 5.32 Å². The summed E-state index contributed by atoms with van der Waals surface area (Å²) in [6.45, 7) is 0. The van der Waals surface area contributed by atoms with Crippen LogP contribution in [0.4, 0.5) is 5.69 Å². The first-order valence-electron chi connectivity index (χ1n) is 8.36. The van der Waals surface area contributed by atoms with Crippen molar-refractivity contribution in [2.24, 2.45) is 0 Å². The van der Waals surface area contributed by atoms with Gasteiger partial charge in [0, 0.05) is 6.07 Å². The van der Waals surface area contributed by atoms with Crippen molar-refractivity contribution >= 4 is 33.9 Å². The minimum absolute atomic E-state index is 0.00243. The highest BCUT2D eigenvalue weighted by atomic mass is 32.1. The maximum Gasteiger partial charge on any atom is 0.265 e. The Morgan fingerprint density at radius 2 is 1.96 bits per heavy atom. The van der Waals surface area contributed by atoms with Crippen LogP contribution in [0, 0.1) is 0 Å². The van der Waals surface area contributed by atoms with Crippen LogP contribution in [0.25, 0.3) is 22.3 Å². The Kier molecular flexibility index (Phi) is 4.58. The molecule has 4 rings (SSSR count). The highest BCUT2D eigenvalue weighted by Gasteiger charge is 2.18. The standard InChI is InChI=1S/C21H15NO5S/c1-26-16-6-3-2-5-12(16)17-11-15(24)19-14(23)9-8-13(20(19)27-17)22-21(25)18-7-4-10-28-18/h2-11,23H,1H3,(H,22,25). The first-order chi connectivity index (χ1) is 13.6. The van der Waals surface area contributed by atoms with Crippen LogP contribution in [0.3, 0.4) is 0 Å². The highest BCUT2D eigenvalue weighted by molar-refractivity contribution is 7.12. The monoisotopic (exact) mass is 393 g/mol. The van der Waals surface area contributed by atoms with Gasteiger partial charge in [0.25, 0.3) is 5.91 Å². The van der Waals surface area contributed by atoms with Gasteiger partial charge in [-0.05, 0) is 35.7 Å². The number of fused-ring (bicyclic) bond motifs is 1. The largest absolute Gasteiger partial charge is 0.507 e. The van der Waals surface area contributed by atoms with E-state index in [9.17, 15) is 14.7 Å². The number of benzene rings is 2. The normalized spacial score (nSPS) is 10.8. The van der Waals surface area contributed by atoms with E-state index in [1.54, 1.807) is 41.8 Å². The van der Waals surface area contributed by atoms with E-state index in [-0.39, 0.29) is 28.4 Å². The molecule has 140 valence electrons. The number of hydrogen-bond donors (Lipinski definition) is 2. The molecule has 4 aromatic rings. The number of carbonyl (C=O) groups excluding carboxylic acids is 1. The molecule has 0 bridgehead atoms. The lowest BCUT2D eigenvalue weighted by molar-refractivity contribution is 0.103. The van der Waals surface area contributed by atoms with E-state index in [0.29, 0.717) is 21.9 Å².